The Labute approximate surface area is 784 Å². The molecular formula is C92H136N22O21. The van der Waals surface area contributed by atoms with Crippen molar-refractivity contribution in [1.29, 1.82) is 0 Å². The molecule has 23 N–H and O–H groups in total. The number of aliphatic carboxylic acids is 1. The molecule has 0 saturated carbocycles. The first-order valence-corrected chi connectivity index (χ1v) is 45.8. The molecule has 0 radical (unpaired) electrons. The molecule has 2 aromatic heterocycles. The molecule has 0 spiro atoms. The summed E-state index contributed by atoms with van der Waals surface area (Å²) in [6.45, 7) is 8.30. The van der Waals surface area contributed by atoms with Crippen molar-refractivity contribution in [3.63, 3.8) is 0 Å². The molecule has 0 aliphatic carbocycles. The zero-order valence-corrected chi connectivity index (χ0v) is 78.7. The van der Waals surface area contributed by atoms with Crippen LogP contribution in [0.5, 0.6) is 5.75 Å². The number of nitrogens with zero attached hydrogens (tertiary/aromatic N) is 5. The number of fused-ring (bicyclic) bond motifs is 3. The molecule has 2 fully saturated rings. The highest BCUT2D eigenvalue weighted by molar-refractivity contribution is 6.02. The van der Waals surface area contributed by atoms with Crippen molar-refractivity contribution in [2.75, 3.05) is 74.1 Å². The van der Waals surface area contributed by atoms with Gasteiger partial charge >= 0.3 is 5.97 Å². The standard InChI is InChI=1S/C92H136N22O21/c1-12-14-25-72-87(129)105-63(36-51(3)4)84(126)109-70(82(124)100-46-76(96)117)45-97-47-78(119)101-67(38-54-29-31-58(135-11)32-30-54)89(131)110(8)53(7)80(122)104-65(42-75(95)116)81(123)98-35-21-20-28-77(118)102-69(43-94)86(128)107-66(37-52(5)6)91(133)114-49-57(115)41-74(114)88(130)106-64(39-55-44-99-61-24-18-16-22-59(55)61)85(127)103-62(33-34-93)83(125)108-68(90(132)112(10)73(26-15-13-2)92(134)111(72)9)40-56-48-113(50-79(120)121)71-27-19-17-23-60(56)71/h16-19,22-24,27,29-32,44,48,51-53,57,62-70,72-74,97,99,115H,12-15,20-21,25-26,28,33-43,45-47,49-50,93-94H2,1-11H3,(H2,95,116)(H2,96,117)(H,98,123)(H,100,124)(H,101,119)(H,102,118)(H,103,127)(H,104,122)(H,105,129)(H,106,130)(H,107,128)(H,108,125)(H,109,126)(H,120,121)/t53-,57+,62-,63-,64-,65-,66-,67-,68-,69-,70-,72-,73-,74-/m0/s1. The number of carboxylic acids is 1. The maximum Gasteiger partial charge on any atom is 0.323 e. The summed E-state index contributed by atoms with van der Waals surface area (Å²) in [5, 5.41) is 54.5. The number of carbonyl (C=O) groups is 18. The molecule has 740 valence electrons. The molecule has 2 aliphatic heterocycles. The van der Waals surface area contributed by atoms with Gasteiger partial charge in [-0.25, -0.2) is 0 Å². The van der Waals surface area contributed by atoms with Gasteiger partial charge in [0.2, 0.25) is 100 Å². The summed E-state index contributed by atoms with van der Waals surface area (Å²) in [6.07, 6.45) is 1.10. The van der Waals surface area contributed by atoms with Crippen molar-refractivity contribution in [3.05, 3.63) is 102 Å². The van der Waals surface area contributed by atoms with Gasteiger partial charge in [0.15, 0.2) is 0 Å². The van der Waals surface area contributed by atoms with Gasteiger partial charge in [-0.15, -0.1) is 0 Å². The molecule has 7 rings (SSSR count). The number of benzene rings is 3. The van der Waals surface area contributed by atoms with E-state index in [0.717, 1.165) is 19.6 Å². The number of methoxy groups -OCH3 is 1. The van der Waals surface area contributed by atoms with Gasteiger partial charge < -0.3 is 131 Å². The number of aliphatic hydroxyl groups is 1. The Bertz CT molecular complexity index is 4980. The fourth-order valence-electron chi connectivity index (χ4n) is 16.3. The van der Waals surface area contributed by atoms with Gasteiger partial charge in [-0.05, 0) is 111 Å². The highest BCUT2D eigenvalue weighted by atomic mass is 16.5. The molecular weight excluding hydrogens is 1750 g/mol. The molecule has 2 saturated heterocycles. The van der Waals surface area contributed by atoms with Crippen molar-refractivity contribution >= 4 is 128 Å². The monoisotopic (exact) mass is 1890 g/mol. The number of primary amides is 2. The van der Waals surface area contributed by atoms with Crippen molar-refractivity contribution in [2.45, 2.75) is 249 Å². The predicted octanol–water partition coefficient (Wildman–Crippen LogP) is -2.78. The third-order valence-electron chi connectivity index (χ3n) is 23.7. The summed E-state index contributed by atoms with van der Waals surface area (Å²) in [6, 6.07) is 0.736. The van der Waals surface area contributed by atoms with Crippen LogP contribution in [-0.4, -0.2) is 304 Å². The summed E-state index contributed by atoms with van der Waals surface area (Å²) in [4.78, 5) is 266. The van der Waals surface area contributed by atoms with E-state index in [2.05, 4.69) is 68.8 Å². The second-order valence-electron chi connectivity index (χ2n) is 35.2. The number of amides is 17. The van der Waals surface area contributed by atoms with Gasteiger partial charge in [0.25, 0.3) is 0 Å². The van der Waals surface area contributed by atoms with Crippen LogP contribution in [0.2, 0.25) is 0 Å². The molecule has 135 heavy (non-hydrogen) atoms. The molecule has 17 amide bonds. The molecule has 43 nitrogen and oxygen atoms in total. The maximum atomic E-state index is 16.0. The number of nitrogens with one attached hydrogen (secondary N) is 13. The van der Waals surface area contributed by atoms with Crippen LogP contribution in [-0.2, 0) is 112 Å². The van der Waals surface area contributed by atoms with E-state index in [1.54, 1.807) is 107 Å². The molecule has 0 bridgehead atoms. The number of rotatable bonds is 27. The Hall–Kier alpha value is -13.2. The number of aromatic nitrogens is 2. The summed E-state index contributed by atoms with van der Waals surface area (Å²) in [5.41, 5.74) is 25.8. The quantitative estimate of drug-likeness (QED) is 0.0253. The zero-order chi connectivity index (χ0) is 99.6. The Morgan fingerprint density at radius 3 is 1.76 bits per heavy atom. The van der Waals surface area contributed by atoms with Crippen molar-refractivity contribution in [2.24, 2.45) is 34.8 Å². The lowest BCUT2D eigenvalue weighted by Gasteiger charge is -2.36. The second kappa shape index (κ2) is 53.1. The summed E-state index contributed by atoms with van der Waals surface area (Å²) >= 11 is 0. The van der Waals surface area contributed by atoms with E-state index in [0.29, 0.717) is 69.9 Å². The van der Waals surface area contributed by atoms with Crippen LogP contribution < -0.4 is 91.5 Å². The van der Waals surface area contributed by atoms with E-state index >= 15 is 33.6 Å². The Kier molecular flexibility index (Phi) is 42.8. The largest absolute Gasteiger partial charge is 0.497 e. The lowest BCUT2D eigenvalue weighted by molar-refractivity contribution is -0.149. The van der Waals surface area contributed by atoms with Gasteiger partial charge in [-0.1, -0.05) is 116 Å². The lowest BCUT2D eigenvalue weighted by atomic mass is 9.99. The number of H-pyrrole nitrogens is 1. The minimum Gasteiger partial charge on any atom is -0.497 e. The van der Waals surface area contributed by atoms with Crippen LogP contribution in [0.1, 0.15) is 155 Å². The zero-order valence-electron chi connectivity index (χ0n) is 78.7. The number of carbonyl (C=O) groups excluding carboxylic acids is 17. The first-order chi connectivity index (χ1) is 64.1. The summed E-state index contributed by atoms with van der Waals surface area (Å²) in [5.74, 6) is -16.5. The fraction of sp³-hybridized carbons (Fsp3) is 0.565. The summed E-state index contributed by atoms with van der Waals surface area (Å²) < 4.78 is 6.77. The van der Waals surface area contributed by atoms with Crippen molar-refractivity contribution < 1.29 is 101 Å². The number of unbranched alkanes of at least 4 members (excludes halogenated alkanes) is 2. The highest BCUT2D eigenvalue weighted by Crippen LogP contribution is 2.28. The predicted molar refractivity (Wildman–Crippen MR) is 497 cm³/mol. The third kappa shape index (κ3) is 32.3. The van der Waals surface area contributed by atoms with Crippen molar-refractivity contribution in [3.8, 4) is 5.75 Å². The van der Waals surface area contributed by atoms with Gasteiger partial charge in [-0.3, -0.25) is 86.3 Å². The van der Waals surface area contributed by atoms with Crippen LogP contribution in [0.4, 0.5) is 0 Å². The molecule has 4 heterocycles. The number of likely N-dealkylation sites (N-methyl/N-ethyl adjacent to an activating group) is 3. The second-order valence-corrected chi connectivity index (χ2v) is 35.2. The van der Waals surface area contributed by atoms with Gasteiger partial charge in [0, 0.05) is 114 Å². The number of hydrogen-bond donors (Lipinski definition) is 19. The smallest absolute Gasteiger partial charge is 0.323 e. The molecule has 5 aromatic rings. The maximum absolute atomic E-state index is 16.0. The number of nitrogens with two attached hydrogens (primary N) is 4. The van der Waals surface area contributed by atoms with Crippen molar-refractivity contribution in [1.82, 2.24) is 93.0 Å². The van der Waals surface area contributed by atoms with E-state index < -0.39 is 237 Å². The first kappa shape index (κ1) is 109. The van der Waals surface area contributed by atoms with Gasteiger partial charge in [0.1, 0.15) is 90.8 Å². The third-order valence-corrected chi connectivity index (χ3v) is 23.7. The molecule has 2 aliphatic rings. The van der Waals surface area contributed by atoms with Crippen LogP contribution >= 0.6 is 0 Å². The van der Waals surface area contributed by atoms with Crippen LogP contribution in [0, 0.1) is 11.8 Å². The number of aliphatic hydroxyl groups excluding tert-OH is 1. The topological polar surface area (TPSA) is 639 Å². The van der Waals surface area contributed by atoms with Crippen LogP contribution in [0.25, 0.3) is 21.8 Å². The molecule has 0 unspecified atom stereocenters. The normalized spacial score (nSPS) is 24.1. The minimum atomic E-state index is -1.65. The Morgan fingerprint density at radius 2 is 1.12 bits per heavy atom. The number of ether oxygens (including phenoxy) is 1. The number of carboxylic acid groups (broad SMARTS) is 1. The molecule has 14 atom stereocenters. The molecule has 3 aromatic carbocycles. The number of hydrogen-bond acceptors (Lipinski definition) is 23. The van der Waals surface area contributed by atoms with Gasteiger partial charge in [0.05, 0.1) is 32.7 Å². The highest BCUT2D eigenvalue weighted by Gasteiger charge is 2.45. The van der Waals surface area contributed by atoms with Crippen LogP contribution in [0.15, 0.2) is 85.2 Å². The lowest BCUT2D eigenvalue weighted by Crippen LogP contribution is -2.61. The average molecular weight is 1890 g/mol. The average Bonchev–Trinajstić information content (AvgIpc) is 1.66. The van der Waals surface area contributed by atoms with E-state index in [-0.39, 0.29) is 102 Å². The fourth-order valence-corrected chi connectivity index (χ4v) is 16.3. The first-order valence-electron chi connectivity index (χ1n) is 45.8. The molecule has 43 heteroatoms. The SMILES string of the molecule is CCCC[C@H]1C(=O)N(C)[C@@H](CCCC)C(=O)N[C@@H](CC(C)C)C(=O)N[C@H](C(=O)NCC(N)=O)CNCC(=O)N[C@@H](Cc2ccc(OC)cc2)C(=O)N(C)[C@@H](C)C(=O)N[C@@H](CC(N)=O)C(=O)NCCCCC(=O)N[C@@H](CN)C(=O)N[C@@H](CC(C)C)C(=O)N2C[C@H](O)C[C@H]2C(=O)N[C@@H](Cc2c[nH]c3ccccc23)C(=O)N[C@@H](CCN)C(=O)N[C@@H](Cc2cn(CC(=O)O)c3ccccc23)C(=O)N1C. The van der Waals surface area contributed by atoms with E-state index in [1.165, 1.54) is 45.9 Å². The van der Waals surface area contributed by atoms with E-state index in [9.17, 15) is 63.0 Å². The minimum absolute atomic E-state index is 0.000285. The number of aromatic amines is 1. The van der Waals surface area contributed by atoms with E-state index in [1.807, 2.05) is 13.8 Å². The Balaban J connectivity index is 1.29. The Morgan fingerprint density at radius 1 is 0.556 bits per heavy atom. The van der Waals surface area contributed by atoms with E-state index in [4.69, 9.17) is 27.7 Å². The van der Waals surface area contributed by atoms with Gasteiger partial charge in [-0.2, -0.15) is 0 Å². The summed E-state index contributed by atoms with van der Waals surface area (Å²) in [7, 11) is 5.39. The van der Waals surface area contributed by atoms with Crippen LogP contribution in [0.3, 0.4) is 0 Å². The number of para-hydroxylation sites is 2.